The third kappa shape index (κ3) is 4.28. The second kappa shape index (κ2) is 8.31. The molecule has 1 unspecified atom stereocenters. The number of piperidine rings is 1. The van der Waals surface area contributed by atoms with E-state index in [4.69, 9.17) is 4.74 Å². The van der Waals surface area contributed by atoms with Crippen molar-refractivity contribution < 1.29 is 31.1 Å². The molecule has 0 saturated carbocycles. The smallest absolute Gasteiger partial charge is 0.416 e. The molecule has 2 aromatic rings. The number of nitrogens with one attached hydrogen (secondary N) is 1. The molecule has 2 fully saturated rings. The number of hydrogen-bond acceptors (Lipinski definition) is 4. The first-order valence-electron chi connectivity index (χ1n) is 10.2. The highest BCUT2D eigenvalue weighted by Crippen LogP contribution is 2.40. The molecule has 4 rings (SSSR count). The number of rotatable bonds is 4. The summed E-state index contributed by atoms with van der Waals surface area (Å²) in [6.07, 6.45) is -2.41. The van der Waals surface area contributed by atoms with Gasteiger partial charge in [-0.25, -0.2) is 13.2 Å². The van der Waals surface area contributed by atoms with Crippen molar-refractivity contribution in [3.05, 3.63) is 54.1 Å². The maximum Gasteiger partial charge on any atom is 0.416 e. The van der Waals surface area contributed by atoms with Crippen LogP contribution in [0.2, 0.25) is 0 Å². The van der Waals surface area contributed by atoms with Crippen LogP contribution < -0.4 is 10.1 Å². The Morgan fingerprint density at radius 1 is 1.00 bits per heavy atom. The van der Waals surface area contributed by atoms with Gasteiger partial charge in [0, 0.05) is 17.8 Å². The molecule has 172 valence electrons. The Hall–Kier alpha value is -2.75. The predicted molar refractivity (Wildman–Crippen MR) is 112 cm³/mol. The fourth-order valence-electron chi connectivity index (χ4n) is 4.60. The number of carbonyl (C=O) groups is 1. The molecule has 2 heterocycles. The van der Waals surface area contributed by atoms with Crippen molar-refractivity contribution in [2.75, 3.05) is 12.4 Å². The summed E-state index contributed by atoms with van der Waals surface area (Å²) in [5.74, 6) is 0.568. The molecule has 0 aliphatic carbocycles. The number of hydrogen-bond donors (Lipinski definition) is 1. The van der Waals surface area contributed by atoms with Gasteiger partial charge in [0.15, 0.2) is 9.84 Å². The Balaban J connectivity index is 1.45. The van der Waals surface area contributed by atoms with Crippen LogP contribution in [0.3, 0.4) is 0 Å². The first-order chi connectivity index (χ1) is 15.1. The quantitative estimate of drug-likeness (QED) is 0.705. The molecule has 2 amide bonds. The normalized spacial score (nSPS) is 23.1. The average molecular weight is 468 g/mol. The molecule has 1 N–H and O–H groups in total. The molecular weight excluding hydrogens is 445 g/mol. The highest BCUT2D eigenvalue weighted by Gasteiger charge is 2.47. The molecule has 2 aliphatic heterocycles. The molecule has 2 aliphatic rings. The lowest BCUT2D eigenvalue weighted by molar-refractivity contribution is -0.137. The summed E-state index contributed by atoms with van der Waals surface area (Å²) < 4.78 is 69.5. The number of benzene rings is 2. The van der Waals surface area contributed by atoms with Gasteiger partial charge in [-0.05, 0) is 74.2 Å². The van der Waals surface area contributed by atoms with Gasteiger partial charge in [0.1, 0.15) is 5.75 Å². The molecule has 2 bridgehead atoms. The zero-order chi connectivity index (χ0) is 23.1. The van der Waals surface area contributed by atoms with Crippen molar-refractivity contribution >= 4 is 21.6 Å². The topological polar surface area (TPSA) is 75.7 Å². The summed E-state index contributed by atoms with van der Waals surface area (Å²) in [6.45, 7) is 0. The molecule has 6 nitrogen and oxygen atoms in total. The van der Waals surface area contributed by atoms with Crippen molar-refractivity contribution in [3.8, 4) is 5.75 Å². The second-order valence-electron chi connectivity index (χ2n) is 8.11. The monoisotopic (exact) mass is 468 g/mol. The lowest BCUT2D eigenvalue weighted by atomic mass is 10.0. The van der Waals surface area contributed by atoms with Crippen LogP contribution in [0.15, 0.2) is 53.4 Å². The number of methoxy groups -OCH3 is 1. The summed E-state index contributed by atoms with van der Waals surface area (Å²) in [5, 5.41) is 2.05. The van der Waals surface area contributed by atoms with E-state index < -0.39 is 32.9 Å². The summed E-state index contributed by atoms with van der Waals surface area (Å²) in [4.78, 5) is 14.7. The third-order valence-corrected chi connectivity index (χ3v) is 8.41. The van der Waals surface area contributed by atoms with E-state index in [1.807, 2.05) is 0 Å². The van der Waals surface area contributed by atoms with Crippen molar-refractivity contribution in [1.82, 2.24) is 4.90 Å². The minimum absolute atomic E-state index is 0.227. The molecule has 2 aromatic carbocycles. The number of nitrogens with zero attached hydrogens (tertiary/aromatic N) is 1. The van der Waals surface area contributed by atoms with Crippen molar-refractivity contribution in [2.45, 2.75) is 54.1 Å². The number of sulfone groups is 1. The van der Waals surface area contributed by atoms with Gasteiger partial charge in [-0.1, -0.05) is 0 Å². The summed E-state index contributed by atoms with van der Waals surface area (Å²) in [5.41, 5.74) is -0.532. The molecule has 3 atom stereocenters. The first kappa shape index (κ1) is 22.4. The number of urea groups is 1. The Morgan fingerprint density at radius 3 is 2.06 bits per heavy atom. The number of anilines is 1. The molecule has 0 radical (unpaired) electrons. The lowest BCUT2D eigenvalue weighted by Crippen LogP contribution is -2.51. The number of alkyl halides is 3. The Morgan fingerprint density at radius 2 is 1.56 bits per heavy atom. The van der Waals surface area contributed by atoms with Crippen molar-refractivity contribution in [2.24, 2.45) is 0 Å². The van der Waals surface area contributed by atoms with Crippen LogP contribution in [-0.4, -0.2) is 43.8 Å². The second-order valence-corrected chi connectivity index (χ2v) is 10.3. The molecule has 2 saturated heterocycles. The highest BCUT2D eigenvalue weighted by atomic mass is 32.2. The van der Waals surface area contributed by atoms with E-state index in [0.717, 1.165) is 12.1 Å². The van der Waals surface area contributed by atoms with E-state index in [2.05, 4.69) is 5.32 Å². The van der Waals surface area contributed by atoms with Crippen LogP contribution in [0.5, 0.6) is 5.75 Å². The zero-order valence-corrected chi connectivity index (χ0v) is 18.1. The number of halogens is 3. The van der Waals surface area contributed by atoms with Crippen LogP contribution >= 0.6 is 0 Å². The average Bonchev–Trinajstić information content (AvgIpc) is 3.03. The summed E-state index contributed by atoms with van der Waals surface area (Å²) in [6, 6.07) is 9.63. The minimum atomic E-state index is -4.45. The molecule has 10 heteroatoms. The van der Waals surface area contributed by atoms with Gasteiger partial charge in [-0.15, -0.1) is 0 Å². The lowest BCUT2D eigenvalue weighted by Gasteiger charge is -2.38. The fourth-order valence-corrected chi connectivity index (χ4v) is 6.45. The van der Waals surface area contributed by atoms with Gasteiger partial charge in [-0.2, -0.15) is 13.2 Å². The number of ether oxygens (including phenoxy) is 1. The fraction of sp³-hybridized carbons (Fsp3) is 0.409. The zero-order valence-electron chi connectivity index (χ0n) is 17.3. The first-order valence-corrected chi connectivity index (χ1v) is 11.8. The van der Waals surface area contributed by atoms with Crippen LogP contribution in [0.25, 0.3) is 0 Å². The molecule has 32 heavy (non-hydrogen) atoms. The van der Waals surface area contributed by atoms with Crippen molar-refractivity contribution in [1.29, 1.82) is 0 Å². The Bertz CT molecular complexity index is 1070. The predicted octanol–water partition coefficient (Wildman–Crippen LogP) is 4.72. The van der Waals surface area contributed by atoms with Gasteiger partial charge in [0.25, 0.3) is 0 Å². The highest BCUT2D eigenvalue weighted by molar-refractivity contribution is 7.92. The molecule has 0 spiro atoms. The minimum Gasteiger partial charge on any atom is -0.497 e. The number of carbonyl (C=O) groups excluding carboxylic acids is 1. The van der Waals surface area contributed by atoms with Crippen LogP contribution in [0.1, 0.15) is 31.2 Å². The van der Waals surface area contributed by atoms with E-state index in [9.17, 15) is 26.4 Å². The van der Waals surface area contributed by atoms with E-state index in [0.29, 0.717) is 31.4 Å². The SMILES string of the molecule is COc1ccc(S(=O)(=O)C2C[C@H]3CC[C@@H](C2)N3C(=O)Nc2ccc(C(F)(F)F)cc2)cc1. The standard InChI is InChI=1S/C22H23F3N2O4S/c1-31-18-8-10-19(11-9-18)32(29,30)20-12-16-6-7-17(13-20)27(16)21(28)26-15-4-2-14(3-5-15)22(23,24)25/h2-5,8-11,16-17,20H,6-7,12-13H2,1H3,(H,26,28)/t16-,17+,20?. The van der Waals surface area contributed by atoms with E-state index in [1.54, 1.807) is 17.0 Å². The Labute approximate surface area is 184 Å². The van der Waals surface area contributed by atoms with Crippen LogP contribution in [0.4, 0.5) is 23.7 Å². The van der Waals surface area contributed by atoms with E-state index in [-0.39, 0.29) is 22.7 Å². The number of amides is 2. The van der Waals surface area contributed by atoms with Gasteiger partial charge >= 0.3 is 12.2 Å². The van der Waals surface area contributed by atoms with E-state index >= 15 is 0 Å². The van der Waals surface area contributed by atoms with Gasteiger partial charge in [-0.3, -0.25) is 0 Å². The van der Waals surface area contributed by atoms with Crippen LogP contribution in [-0.2, 0) is 16.0 Å². The largest absolute Gasteiger partial charge is 0.497 e. The third-order valence-electron chi connectivity index (χ3n) is 6.21. The number of fused-ring (bicyclic) bond motifs is 2. The van der Waals surface area contributed by atoms with Gasteiger partial charge < -0.3 is 15.0 Å². The van der Waals surface area contributed by atoms with Gasteiger partial charge in [0.2, 0.25) is 0 Å². The maximum absolute atomic E-state index is 13.1. The van der Waals surface area contributed by atoms with Crippen LogP contribution in [0, 0.1) is 0 Å². The summed E-state index contributed by atoms with van der Waals surface area (Å²) >= 11 is 0. The Kier molecular flexibility index (Phi) is 5.83. The summed E-state index contributed by atoms with van der Waals surface area (Å²) in [7, 11) is -2.05. The van der Waals surface area contributed by atoms with Crippen molar-refractivity contribution in [3.63, 3.8) is 0 Å². The maximum atomic E-state index is 13.1. The molecular formula is C22H23F3N2O4S. The molecule has 0 aromatic heterocycles. The van der Waals surface area contributed by atoms with E-state index in [1.165, 1.54) is 31.4 Å². The van der Waals surface area contributed by atoms with Gasteiger partial charge in [0.05, 0.1) is 22.8 Å².